The summed E-state index contributed by atoms with van der Waals surface area (Å²) in [5, 5.41) is 8.43. The average Bonchev–Trinajstić information content (AvgIpc) is 1.97. The molecule has 0 bridgehead atoms. The van der Waals surface area contributed by atoms with Gasteiger partial charge in [-0.3, -0.25) is 0 Å². The minimum atomic E-state index is 0.325. The quantitative estimate of drug-likeness (QED) is 0.443. The van der Waals surface area contributed by atoms with Gasteiger partial charge >= 0.3 is 0 Å². The second-order valence-corrected chi connectivity index (χ2v) is 2.24. The molecule has 0 amide bonds. The number of aliphatic hydroxyl groups excluding tert-OH is 1. The lowest BCUT2D eigenvalue weighted by atomic mass is 10.2. The van der Waals surface area contributed by atoms with Crippen LogP contribution in [0, 0.1) is 0 Å². The molecule has 0 aromatic carbocycles. The van der Waals surface area contributed by atoms with Gasteiger partial charge in [-0.1, -0.05) is 31.2 Å². The van der Waals surface area contributed by atoms with Crippen LogP contribution in [0.3, 0.4) is 0 Å². The van der Waals surface area contributed by atoms with Gasteiger partial charge in [0.25, 0.3) is 0 Å². The zero-order valence-electron chi connectivity index (χ0n) is 6.42. The highest BCUT2D eigenvalue weighted by atomic mass is 16.2. The van der Waals surface area contributed by atoms with Gasteiger partial charge in [0.05, 0.1) is 0 Å². The predicted octanol–water partition coefficient (Wildman–Crippen LogP) is 2.28. The lowest BCUT2D eigenvalue weighted by molar-refractivity contribution is 0.283. The summed E-state index contributed by atoms with van der Waals surface area (Å²) in [5.74, 6) is 0. The van der Waals surface area contributed by atoms with Gasteiger partial charge in [-0.05, 0) is 19.3 Å². The number of unbranched alkanes of at least 4 members (excludes halogenated alkanes) is 3. The van der Waals surface area contributed by atoms with Gasteiger partial charge in [-0.15, -0.1) is 0 Å². The molecule has 1 N–H and O–H groups in total. The van der Waals surface area contributed by atoms with Crippen LogP contribution in [-0.4, -0.2) is 11.7 Å². The molecule has 10 heavy (non-hydrogen) atoms. The highest BCUT2D eigenvalue weighted by Gasteiger charge is 1.83. The van der Waals surface area contributed by atoms with E-state index in [1.165, 1.54) is 6.42 Å². The Hall–Kier alpha value is -0.560. The first-order valence-corrected chi connectivity index (χ1v) is 3.80. The minimum Gasteiger partial charge on any atom is -0.396 e. The fourth-order valence-corrected chi connectivity index (χ4v) is 0.743. The Morgan fingerprint density at radius 2 is 2.00 bits per heavy atom. The topological polar surface area (TPSA) is 20.2 Å². The average molecular weight is 140 g/mol. The van der Waals surface area contributed by atoms with Crippen molar-refractivity contribution >= 4 is 0 Å². The molecule has 0 heterocycles. The molecule has 0 aromatic rings. The third-order valence-corrected chi connectivity index (χ3v) is 1.30. The Morgan fingerprint density at radius 1 is 1.20 bits per heavy atom. The summed E-state index contributed by atoms with van der Waals surface area (Å²) in [5.41, 5.74) is 0. The molecule has 0 radical (unpaired) electrons. The van der Waals surface area contributed by atoms with Crippen molar-refractivity contribution in [3.05, 3.63) is 24.8 Å². The molecule has 0 saturated heterocycles. The largest absolute Gasteiger partial charge is 0.396 e. The van der Waals surface area contributed by atoms with Crippen LogP contribution in [0.15, 0.2) is 24.8 Å². The molecule has 0 aliphatic carbocycles. The lowest BCUT2D eigenvalue weighted by Gasteiger charge is -1.92. The van der Waals surface area contributed by atoms with E-state index in [2.05, 4.69) is 12.7 Å². The zero-order valence-corrected chi connectivity index (χ0v) is 6.42. The number of rotatable bonds is 6. The molecule has 58 valence electrons. The zero-order chi connectivity index (χ0) is 7.66. The van der Waals surface area contributed by atoms with E-state index < -0.39 is 0 Å². The number of hydrogen-bond donors (Lipinski definition) is 1. The number of hydrogen-bond acceptors (Lipinski definition) is 1. The maximum absolute atomic E-state index is 8.43. The third kappa shape index (κ3) is 7.44. The molecule has 1 heteroatoms. The van der Waals surface area contributed by atoms with E-state index in [0.717, 1.165) is 19.3 Å². The van der Waals surface area contributed by atoms with Crippen molar-refractivity contribution in [1.82, 2.24) is 0 Å². The van der Waals surface area contributed by atoms with Crippen molar-refractivity contribution in [2.75, 3.05) is 6.61 Å². The second-order valence-electron chi connectivity index (χ2n) is 2.24. The Labute approximate surface area is 63.1 Å². The fourth-order valence-electron chi connectivity index (χ4n) is 0.743. The third-order valence-electron chi connectivity index (χ3n) is 1.30. The maximum atomic E-state index is 8.43. The number of aliphatic hydroxyl groups is 1. The first-order chi connectivity index (χ1) is 4.91. The first kappa shape index (κ1) is 9.44. The molecule has 0 fully saturated rings. The van der Waals surface area contributed by atoms with Crippen molar-refractivity contribution < 1.29 is 5.11 Å². The highest BCUT2D eigenvalue weighted by Crippen LogP contribution is 1.99. The lowest BCUT2D eigenvalue weighted by Crippen LogP contribution is -1.81. The van der Waals surface area contributed by atoms with Crippen molar-refractivity contribution in [3.8, 4) is 0 Å². The predicted molar refractivity (Wildman–Crippen MR) is 44.9 cm³/mol. The summed E-state index contributed by atoms with van der Waals surface area (Å²) in [6, 6.07) is 0. The maximum Gasteiger partial charge on any atom is 0.0431 e. The van der Waals surface area contributed by atoms with E-state index in [1.807, 2.05) is 6.08 Å². The smallest absolute Gasteiger partial charge is 0.0431 e. The van der Waals surface area contributed by atoms with Crippen molar-refractivity contribution in [1.29, 1.82) is 0 Å². The Bertz CT molecular complexity index is 94.9. The molecule has 0 aliphatic heterocycles. The van der Waals surface area contributed by atoms with Crippen LogP contribution in [0.25, 0.3) is 0 Å². The first-order valence-electron chi connectivity index (χ1n) is 3.80. The second kappa shape index (κ2) is 8.44. The molecule has 0 saturated carbocycles. The molecular weight excluding hydrogens is 124 g/mol. The molecule has 0 rings (SSSR count). The van der Waals surface area contributed by atoms with Crippen molar-refractivity contribution in [2.24, 2.45) is 0 Å². The molecule has 0 unspecified atom stereocenters. The van der Waals surface area contributed by atoms with Crippen molar-refractivity contribution in [3.63, 3.8) is 0 Å². The van der Waals surface area contributed by atoms with Gasteiger partial charge in [0.2, 0.25) is 0 Å². The van der Waals surface area contributed by atoms with Crippen LogP contribution >= 0.6 is 0 Å². The van der Waals surface area contributed by atoms with Crippen LogP contribution in [0.4, 0.5) is 0 Å². The monoisotopic (exact) mass is 140 g/mol. The van der Waals surface area contributed by atoms with Gasteiger partial charge < -0.3 is 5.11 Å². The number of allylic oxidation sites excluding steroid dienone is 3. The van der Waals surface area contributed by atoms with Crippen LogP contribution in [0.1, 0.15) is 25.7 Å². The molecule has 0 atom stereocenters. The molecular formula is C9H16O. The van der Waals surface area contributed by atoms with Gasteiger partial charge in [-0.2, -0.15) is 0 Å². The fraction of sp³-hybridized carbons (Fsp3) is 0.556. The van der Waals surface area contributed by atoms with Crippen LogP contribution in [-0.2, 0) is 0 Å². The van der Waals surface area contributed by atoms with E-state index in [1.54, 1.807) is 6.08 Å². The van der Waals surface area contributed by atoms with Gasteiger partial charge in [0, 0.05) is 6.61 Å². The van der Waals surface area contributed by atoms with E-state index in [9.17, 15) is 0 Å². The normalized spacial score (nSPS) is 10.5. The Balaban J connectivity index is 2.90. The van der Waals surface area contributed by atoms with Crippen LogP contribution < -0.4 is 0 Å². The summed E-state index contributed by atoms with van der Waals surface area (Å²) < 4.78 is 0. The summed E-state index contributed by atoms with van der Waals surface area (Å²) in [4.78, 5) is 0. The van der Waals surface area contributed by atoms with Crippen molar-refractivity contribution in [2.45, 2.75) is 25.7 Å². The van der Waals surface area contributed by atoms with Gasteiger partial charge in [0.1, 0.15) is 0 Å². The Kier molecular flexibility index (Phi) is 7.97. The SMILES string of the molecule is C=CC=CCCCCCO. The highest BCUT2D eigenvalue weighted by molar-refractivity contribution is 4.96. The molecule has 0 aliphatic rings. The van der Waals surface area contributed by atoms with Gasteiger partial charge in [0.15, 0.2) is 0 Å². The molecule has 0 aromatic heterocycles. The standard InChI is InChI=1S/C9H16O/c1-2-3-4-5-6-7-8-9-10/h2-4,10H,1,5-9H2. The van der Waals surface area contributed by atoms with Crippen LogP contribution in [0.2, 0.25) is 0 Å². The van der Waals surface area contributed by atoms with E-state index in [0.29, 0.717) is 6.61 Å². The molecule has 1 nitrogen and oxygen atoms in total. The van der Waals surface area contributed by atoms with Crippen LogP contribution in [0.5, 0.6) is 0 Å². The Morgan fingerprint density at radius 3 is 2.60 bits per heavy atom. The summed E-state index contributed by atoms with van der Waals surface area (Å²) in [6.07, 6.45) is 10.2. The summed E-state index contributed by atoms with van der Waals surface area (Å²) in [6.45, 7) is 3.89. The van der Waals surface area contributed by atoms with E-state index in [-0.39, 0.29) is 0 Å². The van der Waals surface area contributed by atoms with E-state index in [4.69, 9.17) is 5.11 Å². The molecule has 0 spiro atoms. The van der Waals surface area contributed by atoms with E-state index >= 15 is 0 Å². The minimum absolute atomic E-state index is 0.325. The summed E-state index contributed by atoms with van der Waals surface area (Å²) >= 11 is 0. The summed E-state index contributed by atoms with van der Waals surface area (Å²) in [7, 11) is 0. The van der Waals surface area contributed by atoms with Gasteiger partial charge in [-0.25, -0.2) is 0 Å².